The normalized spacial score (nSPS) is 35.5. The van der Waals surface area contributed by atoms with E-state index in [1.54, 1.807) is 39.0 Å². The zero-order chi connectivity index (χ0) is 45.7. The van der Waals surface area contributed by atoms with Crippen LogP contribution in [0.5, 0.6) is 0 Å². The molecule has 2 aromatic heterocycles. The first-order valence-corrected chi connectivity index (χ1v) is 21.0. The van der Waals surface area contributed by atoms with E-state index < -0.39 is 83.2 Å². The number of primary amides is 1. The molecule has 0 radical (unpaired) electrons. The van der Waals surface area contributed by atoms with Gasteiger partial charge in [0.05, 0.1) is 42.8 Å². The van der Waals surface area contributed by atoms with Crippen molar-refractivity contribution in [1.82, 2.24) is 15.0 Å². The Morgan fingerprint density at radius 1 is 1.10 bits per heavy atom. The van der Waals surface area contributed by atoms with Crippen molar-refractivity contribution >= 4 is 35.0 Å². The van der Waals surface area contributed by atoms with E-state index >= 15 is 0 Å². The fraction of sp³-hybridized carbons (Fsp3) is 0.674. The smallest absolute Gasteiger partial charge is 0.316 e. The molecule has 62 heavy (non-hydrogen) atoms. The van der Waals surface area contributed by atoms with Gasteiger partial charge in [-0.1, -0.05) is 37.1 Å². The van der Waals surface area contributed by atoms with E-state index in [0.717, 1.165) is 0 Å². The summed E-state index contributed by atoms with van der Waals surface area (Å²) in [5.74, 6) is -5.21. The number of amides is 2. The Labute approximate surface area is 361 Å². The number of carbonyl (C=O) groups excluding carboxylic acids is 4. The van der Waals surface area contributed by atoms with Gasteiger partial charge in [0.25, 0.3) is 5.91 Å². The number of nitrogens with zero attached hydrogens (tertiary/aromatic N) is 5. The van der Waals surface area contributed by atoms with Gasteiger partial charge < -0.3 is 53.9 Å². The molecule has 4 N–H and O–H groups in total. The molecule has 0 aromatic carbocycles. The van der Waals surface area contributed by atoms with Gasteiger partial charge in [-0.05, 0) is 79.1 Å². The van der Waals surface area contributed by atoms with Crippen LogP contribution >= 0.6 is 0 Å². The van der Waals surface area contributed by atoms with Gasteiger partial charge in [-0.2, -0.15) is 0 Å². The lowest BCUT2D eigenvalue weighted by Gasteiger charge is -2.47. The van der Waals surface area contributed by atoms with Crippen LogP contribution in [0.4, 0.5) is 0 Å². The van der Waals surface area contributed by atoms with Crippen LogP contribution in [0.15, 0.2) is 38.9 Å². The van der Waals surface area contributed by atoms with Gasteiger partial charge in [0.2, 0.25) is 5.91 Å². The number of nitrogens with two attached hydrogens (primary N) is 1. The van der Waals surface area contributed by atoms with Crippen molar-refractivity contribution in [3.8, 4) is 11.4 Å². The van der Waals surface area contributed by atoms with Crippen LogP contribution < -0.4 is 5.73 Å². The molecular formula is C43H62N6O13. The summed E-state index contributed by atoms with van der Waals surface area (Å²) in [5, 5.41) is 32.3. The number of ether oxygens (including phenoxy) is 5. The maximum Gasteiger partial charge on any atom is 0.316 e. The van der Waals surface area contributed by atoms with Crippen LogP contribution in [0.2, 0.25) is 0 Å². The number of fused-ring (bicyclic) bond motifs is 5. The molecule has 3 fully saturated rings. The fourth-order valence-corrected chi connectivity index (χ4v) is 8.42. The number of Topliss-reactive ketones (excluding diaryl/α,β-unsaturated/α-hetero) is 1. The van der Waals surface area contributed by atoms with E-state index in [9.17, 15) is 29.4 Å². The number of pyridine rings is 1. The van der Waals surface area contributed by atoms with Gasteiger partial charge in [-0.3, -0.25) is 19.2 Å². The number of hydrogen-bond donors (Lipinski definition) is 3. The largest absolute Gasteiger partial charge is 0.459 e. The standard InChI is InChI=1S/C43H62N6O13/c1-11-34-43(8,55)35-17-31(45-26(6)50)22(2)18-42(7,38(24(4)36(51)25(5)40(54)60-34)61-41-37(52)33(49(9)10)15-23(3)59-41)57-20-27(19-56-35)47-58-21-28-16-32(48-62-28)29-13-12-14-30(46-29)39(44)53/h12-14,16,22-25,33-35,37-38,41,52,55H,11,15,17-21H2,1-10H3,(H2,44,53)/b45-31?,47-27-/t22-,23-,24+,25-,33+,34-,35-,37-,38-,41+,42-,43-/m1/s1. The van der Waals surface area contributed by atoms with Crippen LogP contribution in [0.25, 0.3) is 11.4 Å². The fourth-order valence-electron chi connectivity index (χ4n) is 8.42. The maximum absolute atomic E-state index is 14.5. The molecule has 342 valence electrons. The first-order chi connectivity index (χ1) is 29.1. The Bertz CT molecular complexity index is 1990. The lowest BCUT2D eigenvalue weighted by Crippen LogP contribution is -2.59. The van der Waals surface area contributed by atoms with Crippen molar-refractivity contribution in [2.24, 2.45) is 33.6 Å². The zero-order valence-electron chi connectivity index (χ0n) is 37.2. The van der Waals surface area contributed by atoms with Crippen LogP contribution in [-0.4, -0.2) is 142 Å². The van der Waals surface area contributed by atoms with Crippen molar-refractivity contribution in [3.63, 3.8) is 0 Å². The topological polar surface area (TPSA) is 257 Å². The summed E-state index contributed by atoms with van der Waals surface area (Å²) >= 11 is 0. The Morgan fingerprint density at radius 2 is 1.82 bits per heavy atom. The van der Waals surface area contributed by atoms with Crippen molar-refractivity contribution in [2.45, 2.75) is 142 Å². The minimum Gasteiger partial charge on any atom is -0.459 e. The third-order valence-corrected chi connectivity index (χ3v) is 12.0. The highest BCUT2D eigenvalue weighted by atomic mass is 16.7. The van der Waals surface area contributed by atoms with E-state index in [1.807, 2.05) is 32.8 Å². The van der Waals surface area contributed by atoms with E-state index in [0.29, 0.717) is 23.5 Å². The highest BCUT2D eigenvalue weighted by Gasteiger charge is 2.52. The third kappa shape index (κ3) is 11.4. The first kappa shape index (κ1) is 48.5. The number of aliphatic hydroxyl groups excluding tert-OH is 1. The maximum atomic E-state index is 14.5. The highest BCUT2D eigenvalue weighted by molar-refractivity contribution is 6.00. The second-order valence-electron chi connectivity index (χ2n) is 17.3. The van der Waals surface area contributed by atoms with Gasteiger partial charge in [-0.15, -0.1) is 0 Å². The van der Waals surface area contributed by atoms with Gasteiger partial charge in [0, 0.05) is 37.1 Å². The first-order valence-electron chi connectivity index (χ1n) is 21.0. The number of cyclic esters (lactones) is 1. The van der Waals surface area contributed by atoms with Crippen LogP contribution in [0, 0.1) is 17.8 Å². The molecule has 3 saturated heterocycles. The van der Waals surface area contributed by atoms with Crippen LogP contribution in [-0.2, 0) is 49.5 Å². The molecule has 5 heterocycles. The molecule has 12 atom stereocenters. The van der Waals surface area contributed by atoms with Crippen molar-refractivity contribution in [1.29, 1.82) is 0 Å². The Morgan fingerprint density at radius 3 is 2.48 bits per heavy atom. The van der Waals surface area contributed by atoms with E-state index in [2.05, 4.69) is 20.3 Å². The van der Waals surface area contributed by atoms with Gasteiger partial charge in [-0.25, -0.2) is 9.98 Å². The predicted octanol–water partition coefficient (Wildman–Crippen LogP) is 3.02. The van der Waals surface area contributed by atoms with Crippen LogP contribution in [0.1, 0.15) is 97.3 Å². The van der Waals surface area contributed by atoms with E-state index in [-0.39, 0.29) is 68.4 Å². The molecular weight excluding hydrogens is 809 g/mol. The second-order valence-corrected chi connectivity index (χ2v) is 17.3. The van der Waals surface area contributed by atoms with Gasteiger partial charge in [0.1, 0.15) is 40.8 Å². The second kappa shape index (κ2) is 20.3. The lowest BCUT2D eigenvalue weighted by molar-refractivity contribution is -0.296. The average Bonchev–Trinajstić information content (AvgIpc) is 3.69. The number of likely N-dealkylation sites (N-methyl/N-ethyl adjacent to an activating group) is 1. The summed E-state index contributed by atoms with van der Waals surface area (Å²) < 4.78 is 37.6. The Hall–Kier alpha value is -4.50. The van der Waals surface area contributed by atoms with Crippen molar-refractivity contribution in [2.75, 3.05) is 27.3 Å². The minimum atomic E-state index is -1.87. The molecule has 0 spiro atoms. The summed E-state index contributed by atoms with van der Waals surface area (Å²) in [6.45, 7) is 12.3. The molecule has 0 aliphatic carbocycles. The molecule has 3 aliphatic rings. The average molecular weight is 871 g/mol. The third-order valence-electron chi connectivity index (χ3n) is 12.0. The number of aromatic nitrogens is 2. The molecule has 19 nitrogen and oxygen atoms in total. The summed E-state index contributed by atoms with van der Waals surface area (Å²) in [6.07, 6.45) is -5.46. The quantitative estimate of drug-likeness (QED) is 0.186. The summed E-state index contributed by atoms with van der Waals surface area (Å²) in [6, 6.07) is 5.95. The molecule has 0 unspecified atom stereocenters. The lowest BCUT2D eigenvalue weighted by atomic mass is 9.76. The Balaban J connectivity index is 1.60. The number of oxime groups is 1. The van der Waals surface area contributed by atoms with Gasteiger partial charge in [0.15, 0.2) is 24.4 Å². The van der Waals surface area contributed by atoms with Crippen molar-refractivity contribution in [3.05, 3.63) is 35.7 Å². The summed E-state index contributed by atoms with van der Waals surface area (Å²) in [5.41, 5.74) is 3.37. The van der Waals surface area contributed by atoms with Gasteiger partial charge >= 0.3 is 5.97 Å². The van der Waals surface area contributed by atoms with E-state index in [4.69, 9.17) is 38.8 Å². The Kier molecular flexibility index (Phi) is 15.9. The number of hydrogen-bond acceptors (Lipinski definition) is 17. The number of rotatable bonds is 9. The number of aliphatic hydroxyl groups is 2. The summed E-state index contributed by atoms with van der Waals surface area (Å²) in [4.78, 5) is 68.9. The number of aliphatic imine (C=N–C) groups is 1. The highest BCUT2D eigenvalue weighted by Crippen LogP contribution is 2.39. The molecule has 2 aromatic rings. The SMILES string of the molecule is CC[C@H]1OC(=O)[C@H](C)C(=O)[C@H](C)[C@@H](O[C@@H]2O[C@H](C)C[C@H](N(C)C)[C@H]2O)[C@@]2(C)C[C@@H](C)C(=NC(C)=O)C[C@@H](OC/C(=N/OCc3cc(-c4cccc(C(N)=O)n4)no3)CO2)[C@]1(C)O. The predicted molar refractivity (Wildman–Crippen MR) is 223 cm³/mol. The number of carbonyl (C=O) groups is 4. The number of esters is 1. The van der Waals surface area contributed by atoms with Crippen molar-refractivity contribution < 1.29 is 62.4 Å². The zero-order valence-corrected chi connectivity index (χ0v) is 37.2. The minimum absolute atomic E-state index is 0.0561. The molecule has 3 aliphatic heterocycles. The summed E-state index contributed by atoms with van der Waals surface area (Å²) in [7, 11) is 3.69. The monoisotopic (exact) mass is 870 g/mol. The van der Waals surface area contributed by atoms with E-state index in [1.165, 1.54) is 26.8 Å². The molecule has 2 amide bonds. The molecule has 0 saturated carbocycles. The number of ketones is 1. The molecule has 19 heteroatoms. The van der Waals surface area contributed by atoms with Crippen LogP contribution in [0.3, 0.4) is 0 Å². The molecule has 2 bridgehead atoms. The molecule has 5 rings (SSSR count).